The van der Waals surface area contributed by atoms with Gasteiger partial charge in [-0.25, -0.2) is 4.98 Å². The van der Waals surface area contributed by atoms with Gasteiger partial charge in [0.15, 0.2) is 0 Å². The number of nitrogens with one attached hydrogen (secondary N) is 2. The largest absolute Gasteiger partial charge is 0.372 e. The highest BCUT2D eigenvalue weighted by Gasteiger charge is 2.24. The Morgan fingerprint density at radius 3 is 2.93 bits per heavy atom. The van der Waals surface area contributed by atoms with E-state index in [0.717, 1.165) is 12.8 Å². The number of hydrogen-bond acceptors (Lipinski definition) is 4. The highest BCUT2D eigenvalue weighted by molar-refractivity contribution is 5.92. The predicted molar refractivity (Wildman–Crippen MR) is 52.1 cm³/mol. The van der Waals surface area contributed by atoms with Crippen molar-refractivity contribution in [3.8, 4) is 0 Å². The Morgan fingerprint density at radius 2 is 2.29 bits per heavy atom. The maximum Gasteiger partial charge on any atom is 0.271 e. The molecule has 0 bridgehead atoms. The Morgan fingerprint density at radius 1 is 1.50 bits per heavy atom. The normalized spacial score (nSPS) is 14.9. The van der Waals surface area contributed by atoms with Crippen LogP contribution in [0.3, 0.4) is 0 Å². The highest BCUT2D eigenvalue weighted by Crippen LogP contribution is 2.19. The van der Waals surface area contributed by atoms with Crippen LogP contribution in [-0.4, -0.2) is 29.0 Å². The van der Waals surface area contributed by atoms with Crippen LogP contribution < -0.4 is 10.6 Å². The summed E-state index contributed by atoms with van der Waals surface area (Å²) < 4.78 is 0. The molecule has 1 amide bonds. The van der Waals surface area contributed by atoms with Crippen molar-refractivity contribution < 1.29 is 4.79 Å². The van der Waals surface area contributed by atoms with E-state index in [1.54, 1.807) is 13.2 Å². The van der Waals surface area contributed by atoms with Crippen molar-refractivity contribution in [1.29, 1.82) is 0 Å². The molecular formula is C9H12N4O. The molecule has 2 N–H and O–H groups in total. The maximum atomic E-state index is 11.5. The van der Waals surface area contributed by atoms with E-state index in [9.17, 15) is 4.79 Å². The second kappa shape index (κ2) is 3.61. The molecule has 0 atom stereocenters. The lowest BCUT2D eigenvalue weighted by molar-refractivity contribution is 0.0946. The molecule has 0 aromatic carbocycles. The molecule has 14 heavy (non-hydrogen) atoms. The van der Waals surface area contributed by atoms with E-state index in [1.165, 1.54) is 6.20 Å². The van der Waals surface area contributed by atoms with Crippen molar-refractivity contribution in [1.82, 2.24) is 15.3 Å². The number of aromatic nitrogens is 2. The van der Waals surface area contributed by atoms with Crippen LogP contribution in [0, 0.1) is 0 Å². The van der Waals surface area contributed by atoms with E-state index in [2.05, 4.69) is 20.6 Å². The first kappa shape index (κ1) is 8.93. The van der Waals surface area contributed by atoms with Crippen LogP contribution in [0.5, 0.6) is 0 Å². The molecule has 1 aromatic rings. The minimum atomic E-state index is -0.142. The van der Waals surface area contributed by atoms with Crippen LogP contribution in [0.15, 0.2) is 12.4 Å². The first-order valence-electron chi connectivity index (χ1n) is 4.60. The van der Waals surface area contributed by atoms with Gasteiger partial charge in [0, 0.05) is 13.1 Å². The molecular weight excluding hydrogens is 180 g/mol. The smallest absolute Gasteiger partial charge is 0.271 e. The summed E-state index contributed by atoms with van der Waals surface area (Å²) >= 11 is 0. The van der Waals surface area contributed by atoms with Crippen LogP contribution in [0.4, 0.5) is 5.82 Å². The van der Waals surface area contributed by atoms with Gasteiger partial charge in [0.05, 0.1) is 12.4 Å². The van der Waals surface area contributed by atoms with Crippen LogP contribution >= 0.6 is 0 Å². The lowest BCUT2D eigenvalue weighted by atomic mass is 10.4. The zero-order chi connectivity index (χ0) is 9.97. The summed E-state index contributed by atoms with van der Waals surface area (Å²) in [5.41, 5.74) is 0.365. The molecule has 1 aliphatic carbocycles. The Kier molecular flexibility index (Phi) is 2.30. The van der Waals surface area contributed by atoms with E-state index < -0.39 is 0 Å². The predicted octanol–water partition coefficient (Wildman–Crippen LogP) is 0.410. The molecule has 1 heterocycles. The Labute approximate surface area is 82.0 Å². The van der Waals surface area contributed by atoms with Crippen LogP contribution in [-0.2, 0) is 0 Å². The lowest BCUT2D eigenvalue weighted by Crippen LogP contribution is -2.26. The van der Waals surface area contributed by atoms with Gasteiger partial charge in [-0.05, 0) is 12.8 Å². The topological polar surface area (TPSA) is 66.9 Å². The van der Waals surface area contributed by atoms with Gasteiger partial charge in [-0.3, -0.25) is 9.78 Å². The summed E-state index contributed by atoms with van der Waals surface area (Å²) in [6.45, 7) is 0. The highest BCUT2D eigenvalue weighted by atomic mass is 16.2. The zero-order valence-electron chi connectivity index (χ0n) is 7.95. The molecule has 5 heteroatoms. The van der Waals surface area contributed by atoms with Gasteiger partial charge < -0.3 is 10.6 Å². The van der Waals surface area contributed by atoms with Gasteiger partial charge in [-0.1, -0.05) is 0 Å². The van der Waals surface area contributed by atoms with Crippen molar-refractivity contribution in [2.75, 3.05) is 12.4 Å². The van der Waals surface area contributed by atoms with Gasteiger partial charge in [-0.15, -0.1) is 0 Å². The third-order valence-corrected chi connectivity index (χ3v) is 2.04. The van der Waals surface area contributed by atoms with Crippen LogP contribution in [0.1, 0.15) is 23.3 Å². The van der Waals surface area contributed by atoms with E-state index in [0.29, 0.717) is 17.6 Å². The number of carbonyl (C=O) groups excluding carboxylic acids is 1. The molecule has 1 saturated carbocycles. The molecule has 1 aromatic heterocycles. The Bertz CT molecular complexity index is 348. The van der Waals surface area contributed by atoms with E-state index in [4.69, 9.17) is 0 Å². The summed E-state index contributed by atoms with van der Waals surface area (Å²) in [5, 5.41) is 5.69. The second-order valence-electron chi connectivity index (χ2n) is 3.29. The number of nitrogens with zero attached hydrogens (tertiary/aromatic N) is 2. The SMILES string of the molecule is CNc1cncc(C(=O)NC2CC2)n1. The summed E-state index contributed by atoms with van der Waals surface area (Å²) in [7, 11) is 1.74. The van der Waals surface area contributed by atoms with E-state index in [-0.39, 0.29) is 5.91 Å². The summed E-state index contributed by atoms with van der Waals surface area (Å²) in [5.74, 6) is 0.463. The third-order valence-electron chi connectivity index (χ3n) is 2.04. The average molecular weight is 192 g/mol. The fourth-order valence-electron chi connectivity index (χ4n) is 1.08. The van der Waals surface area contributed by atoms with Crippen molar-refractivity contribution in [2.24, 2.45) is 0 Å². The molecule has 1 fully saturated rings. The van der Waals surface area contributed by atoms with Gasteiger partial charge in [0.1, 0.15) is 11.5 Å². The Balaban J connectivity index is 2.09. The molecule has 0 spiro atoms. The molecule has 2 rings (SSSR count). The molecule has 0 aliphatic heterocycles. The molecule has 1 aliphatic rings. The van der Waals surface area contributed by atoms with Gasteiger partial charge >= 0.3 is 0 Å². The first-order chi connectivity index (χ1) is 6.79. The fraction of sp³-hybridized carbons (Fsp3) is 0.444. The van der Waals surface area contributed by atoms with Gasteiger partial charge in [-0.2, -0.15) is 0 Å². The van der Waals surface area contributed by atoms with E-state index >= 15 is 0 Å². The minimum Gasteiger partial charge on any atom is -0.372 e. The standard InChI is InChI=1S/C9H12N4O/c1-10-8-5-11-4-7(13-8)9(14)12-6-2-3-6/h4-6H,2-3H2,1H3,(H,10,13)(H,12,14). The number of hydrogen-bond donors (Lipinski definition) is 2. The molecule has 0 radical (unpaired) electrons. The molecule has 0 saturated heterocycles. The fourth-order valence-corrected chi connectivity index (χ4v) is 1.08. The van der Waals surface area contributed by atoms with E-state index in [1.807, 2.05) is 0 Å². The lowest BCUT2D eigenvalue weighted by Gasteiger charge is -2.03. The van der Waals surface area contributed by atoms with Gasteiger partial charge in [0.2, 0.25) is 0 Å². The van der Waals surface area contributed by atoms with Crippen molar-refractivity contribution in [3.63, 3.8) is 0 Å². The third kappa shape index (κ3) is 1.99. The molecule has 74 valence electrons. The number of anilines is 1. The Hall–Kier alpha value is -1.65. The second-order valence-corrected chi connectivity index (χ2v) is 3.29. The maximum absolute atomic E-state index is 11.5. The molecule has 0 unspecified atom stereocenters. The first-order valence-corrected chi connectivity index (χ1v) is 4.60. The summed E-state index contributed by atoms with van der Waals surface area (Å²) in [6.07, 6.45) is 5.20. The van der Waals surface area contributed by atoms with Crippen LogP contribution in [0.2, 0.25) is 0 Å². The zero-order valence-corrected chi connectivity index (χ0v) is 7.95. The number of amides is 1. The number of rotatable bonds is 3. The average Bonchev–Trinajstić information content (AvgIpc) is 3.02. The number of carbonyl (C=O) groups is 1. The quantitative estimate of drug-likeness (QED) is 0.728. The van der Waals surface area contributed by atoms with Crippen LogP contribution in [0.25, 0.3) is 0 Å². The van der Waals surface area contributed by atoms with Gasteiger partial charge in [0.25, 0.3) is 5.91 Å². The van der Waals surface area contributed by atoms with Crippen molar-refractivity contribution in [2.45, 2.75) is 18.9 Å². The van der Waals surface area contributed by atoms with Crippen molar-refractivity contribution >= 4 is 11.7 Å². The molecule has 5 nitrogen and oxygen atoms in total. The summed E-state index contributed by atoms with van der Waals surface area (Å²) in [6, 6.07) is 0.350. The van der Waals surface area contributed by atoms with Crippen molar-refractivity contribution in [3.05, 3.63) is 18.1 Å². The minimum absolute atomic E-state index is 0.142. The summed E-state index contributed by atoms with van der Waals surface area (Å²) in [4.78, 5) is 19.5. The monoisotopic (exact) mass is 192 g/mol.